The van der Waals surface area contributed by atoms with E-state index in [0.29, 0.717) is 48.5 Å². The topological polar surface area (TPSA) is 80.9 Å². The molecule has 0 saturated carbocycles. The van der Waals surface area contributed by atoms with Gasteiger partial charge >= 0.3 is 0 Å². The van der Waals surface area contributed by atoms with Gasteiger partial charge in [0.15, 0.2) is 0 Å². The smallest absolute Gasteiger partial charge is 0.261 e. The molecule has 1 aliphatic heterocycles. The second-order valence-electron chi connectivity index (χ2n) is 6.79. The van der Waals surface area contributed by atoms with Crippen LogP contribution in [0.15, 0.2) is 22.6 Å². The predicted molar refractivity (Wildman–Crippen MR) is 99.1 cm³/mol. The van der Waals surface area contributed by atoms with Gasteiger partial charge in [0, 0.05) is 32.1 Å². The average molecular weight is 374 g/mol. The molecule has 1 aromatic heterocycles. The highest BCUT2D eigenvalue weighted by Gasteiger charge is 2.27. The average Bonchev–Trinajstić information content (AvgIpc) is 3.16. The van der Waals surface area contributed by atoms with Gasteiger partial charge in [-0.05, 0) is 12.1 Å². The summed E-state index contributed by atoms with van der Waals surface area (Å²) < 4.78 is 16.4. The summed E-state index contributed by atoms with van der Waals surface area (Å²) in [5.41, 5.74) is 0.467. The Balaban J connectivity index is 1.63. The molecule has 0 atom stereocenters. The molecule has 1 saturated heterocycles. The molecule has 1 fully saturated rings. The highest BCUT2D eigenvalue weighted by molar-refractivity contribution is 5.99. The van der Waals surface area contributed by atoms with Gasteiger partial charge < -0.3 is 18.8 Å². The van der Waals surface area contributed by atoms with Crippen molar-refractivity contribution < 1.29 is 18.7 Å². The van der Waals surface area contributed by atoms with Crippen molar-refractivity contribution >= 4 is 5.91 Å². The zero-order chi connectivity index (χ0) is 19.4. The van der Waals surface area contributed by atoms with Crippen LogP contribution in [0.3, 0.4) is 0 Å². The van der Waals surface area contributed by atoms with Crippen molar-refractivity contribution in [1.82, 2.24) is 20.0 Å². The number of hydrogen-bond donors (Lipinski definition) is 0. The fourth-order valence-corrected chi connectivity index (χ4v) is 3.08. The summed E-state index contributed by atoms with van der Waals surface area (Å²) >= 11 is 0. The number of methoxy groups -OCH3 is 2. The van der Waals surface area contributed by atoms with E-state index >= 15 is 0 Å². The molecule has 2 heterocycles. The minimum atomic E-state index is -0.0798. The Hall–Kier alpha value is -2.61. The van der Waals surface area contributed by atoms with Crippen molar-refractivity contribution in [1.29, 1.82) is 0 Å². The Morgan fingerprint density at radius 3 is 2.26 bits per heavy atom. The maximum atomic E-state index is 13.0. The van der Waals surface area contributed by atoms with E-state index in [0.717, 1.165) is 13.1 Å². The predicted octanol–water partition coefficient (Wildman–Crippen LogP) is 2.17. The molecule has 0 unspecified atom stereocenters. The molecule has 1 aromatic carbocycles. The molecule has 2 aromatic rings. The molecule has 8 nitrogen and oxygen atoms in total. The first-order chi connectivity index (χ1) is 13.0. The molecule has 146 valence electrons. The van der Waals surface area contributed by atoms with Crippen LogP contribution < -0.4 is 9.47 Å². The zero-order valence-corrected chi connectivity index (χ0v) is 16.3. The van der Waals surface area contributed by atoms with E-state index in [4.69, 9.17) is 13.9 Å². The van der Waals surface area contributed by atoms with Crippen LogP contribution in [0.1, 0.15) is 41.9 Å². The van der Waals surface area contributed by atoms with Gasteiger partial charge in [-0.1, -0.05) is 19.9 Å². The second-order valence-corrected chi connectivity index (χ2v) is 6.79. The Morgan fingerprint density at radius 2 is 1.74 bits per heavy atom. The summed E-state index contributed by atoms with van der Waals surface area (Å²) in [4.78, 5) is 17.0. The Labute approximate surface area is 159 Å². The van der Waals surface area contributed by atoms with E-state index in [1.54, 1.807) is 26.4 Å². The van der Waals surface area contributed by atoms with Gasteiger partial charge in [-0.25, -0.2) is 0 Å². The van der Waals surface area contributed by atoms with Crippen molar-refractivity contribution in [2.45, 2.75) is 26.3 Å². The number of aromatic nitrogens is 2. The molecule has 0 aliphatic carbocycles. The molecule has 3 rings (SSSR count). The fraction of sp³-hybridized carbons (Fsp3) is 0.526. The molecule has 8 heteroatoms. The van der Waals surface area contributed by atoms with Crippen molar-refractivity contribution in [2.75, 3.05) is 40.4 Å². The van der Waals surface area contributed by atoms with Gasteiger partial charge in [0.1, 0.15) is 17.1 Å². The maximum Gasteiger partial charge on any atom is 0.261 e. The van der Waals surface area contributed by atoms with Gasteiger partial charge in [-0.3, -0.25) is 9.69 Å². The molecular formula is C19H26N4O4. The van der Waals surface area contributed by atoms with E-state index in [1.165, 1.54) is 0 Å². The van der Waals surface area contributed by atoms with Crippen LogP contribution in [0, 0.1) is 0 Å². The molecule has 1 aliphatic rings. The summed E-state index contributed by atoms with van der Waals surface area (Å²) in [7, 11) is 3.11. The number of amides is 1. The highest BCUT2D eigenvalue weighted by atomic mass is 16.5. The van der Waals surface area contributed by atoms with Gasteiger partial charge in [-0.15, -0.1) is 10.2 Å². The standard InChI is InChI=1S/C19H26N4O4/c1-13(2)18-21-20-16(27-18)12-22-8-10-23(11-9-22)19(24)17-14(25-3)6-5-7-15(17)26-4/h5-7,13H,8-12H2,1-4H3. The Bertz CT molecular complexity index is 760. The summed E-state index contributed by atoms with van der Waals surface area (Å²) in [6.07, 6.45) is 0. The van der Waals surface area contributed by atoms with Gasteiger partial charge in [-0.2, -0.15) is 0 Å². The van der Waals surface area contributed by atoms with Crippen molar-refractivity contribution in [3.05, 3.63) is 35.5 Å². The van der Waals surface area contributed by atoms with Crippen LogP contribution in [0.2, 0.25) is 0 Å². The quantitative estimate of drug-likeness (QED) is 0.766. The summed E-state index contributed by atoms with van der Waals surface area (Å²) in [6, 6.07) is 5.35. The lowest BCUT2D eigenvalue weighted by atomic mass is 10.1. The van der Waals surface area contributed by atoms with E-state index in [-0.39, 0.29) is 11.8 Å². The fourth-order valence-electron chi connectivity index (χ4n) is 3.08. The van der Waals surface area contributed by atoms with Gasteiger partial charge in [0.2, 0.25) is 11.8 Å². The molecule has 0 bridgehead atoms. The first-order valence-electron chi connectivity index (χ1n) is 9.08. The minimum absolute atomic E-state index is 0.0798. The van der Waals surface area contributed by atoms with Crippen molar-refractivity contribution in [2.24, 2.45) is 0 Å². The number of benzene rings is 1. The molecule has 0 spiro atoms. The molecule has 27 heavy (non-hydrogen) atoms. The largest absolute Gasteiger partial charge is 0.496 e. The summed E-state index contributed by atoms with van der Waals surface area (Å²) in [6.45, 7) is 7.35. The van der Waals surface area contributed by atoms with Crippen molar-refractivity contribution in [3.8, 4) is 11.5 Å². The SMILES string of the molecule is COc1cccc(OC)c1C(=O)N1CCN(Cc2nnc(C(C)C)o2)CC1. The van der Waals surface area contributed by atoms with Crippen LogP contribution in [0.5, 0.6) is 11.5 Å². The number of piperazine rings is 1. The van der Waals surface area contributed by atoms with Crippen LogP contribution in [-0.2, 0) is 6.54 Å². The Kier molecular flexibility index (Phi) is 5.95. The normalized spacial score (nSPS) is 15.2. The van der Waals surface area contributed by atoms with Gasteiger partial charge in [0.05, 0.1) is 20.8 Å². The summed E-state index contributed by atoms with van der Waals surface area (Å²) in [5, 5.41) is 8.17. The maximum absolute atomic E-state index is 13.0. The van der Waals surface area contributed by atoms with E-state index in [9.17, 15) is 4.79 Å². The first kappa shape index (κ1) is 19.2. The number of carbonyl (C=O) groups excluding carboxylic acids is 1. The number of ether oxygens (including phenoxy) is 2. The highest BCUT2D eigenvalue weighted by Crippen LogP contribution is 2.30. The lowest BCUT2D eigenvalue weighted by Crippen LogP contribution is -2.48. The third kappa shape index (κ3) is 4.21. The summed E-state index contributed by atoms with van der Waals surface area (Å²) in [5.74, 6) is 2.45. The second kappa shape index (κ2) is 8.39. The monoisotopic (exact) mass is 374 g/mol. The lowest BCUT2D eigenvalue weighted by molar-refractivity contribution is 0.0611. The minimum Gasteiger partial charge on any atom is -0.496 e. The molecule has 0 N–H and O–H groups in total. The van der Waals surface area contributed by atoms with Crippen molar-refractivity contribution in [3.63, 3.8) is 0 Å². The van der Waals surface area contributed by atoms with Crippen LogP contribution in [0.4, 0.5) is 0 Å². The molecule has 0 radical (unpaired) electrons. The third-order valence-corrected chi connectivity index (χ3v) is 4.64. The van der Waals surface area contributed by atoms with Crippen LogP contribution in [-0.4, -0.2) is 66.3 Å². The number of carbonyl (C=O) groups is 1. The lowest BCUT2D eigenvalue weighted by Gasteiger charge is -2.34. The number of nitrogens with zero attached hydrogens (tertiary/aromatic N) is 4. The van der Waals surface area contributed by atoms with E-state index in [2.05, 4.69) is 15.1 Å². The third-order valence-electron chi connectivity index (χ3n) is 4.64. The van der Waals surface area contributed by atoms with E-state index < -0.39 is 0 Å². The van der Waals surface area contributed by atoms with Gasteiger partial charge in [0.25, 0.3) is 5.91 Å². The number of rotatable bonds is 6. The Morgan fingerprint density at radius 1 is 1.11 bits per heavy atom. The first-order valence-corrected chi connectivity index (χ1v) is 9.08. The molecular weight excluding hydrogens is 348 g/mol. The molecule has 1 amide bonds. The van der Waals surface area contributed by atoms with Crippen LogP contribution in [0.25, 0.3) is 0 Å². The number of hydrogen-bond acceptors (Lipinski definition) is 7. The van der Waals surface area contributed by atoms with E-state index in [1.807, 2.05) is 24.8 Å². The van der Waals surface area contributed by atoms with Crippen LogP contribution >= 0.6 is 0 Å². The zero-order valence-electron chi connectivity index (χ0n) is 16.3.